The maximum atomic E-state index is 13.7. The highest BCUT2D eigenvalue weighted by molar-refractivity contribution is 6.30. The Balaban J connectivity index is 1.68. The molecule has 2 amide bonds. The number of anilines is 1. The van der Waals surface area contributed by atoms with E-state index < -0.39 is 5.82 Å². The monoisotopic (exact) mass is 312 g/mol. The zero-order valence-corrected chi connectivity index (χ0v) is 12.5. The van der Waals surface area contributed by atoms with Gasteiger partial charge in [0, 0.05) is 24.7 Å². The third kappa shape index (κ3) is 2.84. The van der Waals surface area contributed by atoms with Gasteiger partial charge in [-0.1, -0.05) is 11.6 Å². The zero-order chi connectivity index (χ0) is 15.0. The number of urea groups is 1. The van der Waals surface area contributed by atoms with E-state index in [4.69, 9.17) is 11.6 Å². The number of nitrogens with zero attached hydrogens (tertiary/aromatic N) is 2. The molecule has 0 aliphatic carbocycles. The van der Waals surface area contributed by atoms with Gasteiger partial charge < -0.3 is 10.2 Å². The van der Waals surface area contributed by atoms with Crippen molar-refractivity contribution in [1.29, 1.82) is 0 Å². The predicted octanol–water partition coefficient (Wildman–Crippen LogP) is 2.15. The van der Waals surface area contributed by atoms with Crippen LogP contribution in [0.25, 0.3) is 0 Å². The summed E-state index contributed by atoms with van der Waals surface area (Å²) in [6.07, 6.45) is 0.985. The summed E-state index contributed by atoms with van der Waals surface area (Å²) in [4.78, 5) is 14.2. The van der Waals surface area contributed by atoms with Crippen LogP contribution in [0.2, 0.25) is 5.02 Å². The highest BCUT2D eigenvalue weighted by atomic mass is 35.5. The van der Waals surface area contributed by atoms with Crippen molar-refractivity contribution in [1.82, 2.24) is 15.3 Å². The molecule has 1 aromatic carbocycles. The molecule has 114 valence electrons. The molecule has 0 radical (unpaired) electrons. The van der Waals surface area contributed by atoms with Crippen molar-refractivity contribution in [3.8, 4) is 0 Å². The van der Waals surface area contributed by atoms with Crippen LogP contribution in [-0.2, 0) is 0 Å². The third-order valence-corrected chi connectivity index (χ3v) is 4.53. The van der Waals surface area contributed by atoms with Crippen LogP contribution in [-0.4, -0.2) is 48.7 Å². The van der Waals surface area contributed by atoms with Gasteiger partial charge in [0.2, 0.25) is 0 Å². The Labute approximate surface area is 128 Å². The Morgan fingerprint density at radius 1 is 1.43 bits per heavy atom. The number of fused-ring (bicyclic) bond motifs is 1. The minimum absolute atomic E-state index is 0.163. The average Bonchev–Trinajstić information content (AvgIpc) is 3.01. The number of carbonyl (C=O) groups is 1. The number of amides is 2. The van der Waals surface area contributed by atoms with E-state index in [9.17, 15) is 9.18 Å². The maximum absolute atomic E-state index is 13.7. The second kappa shape index (κ2) is 5.79. The second-order valence-corrected chi connectivity index (χ2v) is 5.93. The summed E-state index contributed by atoms with van der Waals surface area (Å²) in [5, 5.41) is 5.06. The van der Waals surface area contributed by atoms with Crippen LogP contribution in [0, 0.1) is 11.7 Å². The van der Waals surface area contributed by atoms with E-state index in [-0.39, 0.29) is 17.8 Å². The van der Waals surface area contributed by atoms with Gasteiger partial charge >= 0.3 is 6.03 Å². The lowest BCUT2D eigenvalue weighted by Gasteiger charge is -2.25. The molecule has 3 rings (SSSR count). The number of nitrogens with one attached hydrogen (secondary N) is 2. The number of hydrogen-bond acceptors (Lipinski definition) is 3. The lowest BCUT2D eigenvalue weighted by Crippen LogP contribution is -2.43. The number of carbonyl (C=O) groups excluding carboxylic acids is 1. The first-order valence-corrected chi connectivity index (χ1v) is 7.41. The molecule has 0 aromatic heterocycles. The van der Waals surface area contributed by atoms with Crippen molar-refractivity contribution in [3.05, 3.63) is 29.0 Å². The van der Waals surface area contributed by atoms with Crippen LogP contribution in [0.15, 0.2) is 18.2 Å². The van der Waals surface area contributed by atoms with E-state index in [1.54, 1.807) is 11.0 Å². The topological polar surface area (TPSA) is 47.6 Å². The number of rotatable bonds is 2. The lowest BCUT2D eigenvalue weighted by atomic mass is 10.1. The number of halogens is 2. The van der Waals surface area contributed by atoms with E-state index in [0.717, 1.165) is 19.5 Å². The standard InChI is InChI=1S/C14H18ClFN4O/c1-17-19-7-9-4-5-20(13(9)8-19)14(21)18-12-3-2-10(15)6-11(12)16/h2-3,6,9,13,17H,4-5,7-8H2,1H3,(H,18,21)/t9-,13+/m1/s1. The normalized spacial score (nSPS) is 25.2. The van der Waals surface area contributed by atoms with E-state index in [1.807, 2.05) is 7.05 Å². The van der Waals surface area contributed by atoms with Crippen LogP contribution in [0.4, 0.5) is 14.9 Å². The van der Waals surface area contributed by atoms with Gasteiger partial charge in [-0.2, -0.15) is 0 Å². The smallest absolute Gasteiger partial charge is 0.320 e. The molecule has 7 heteroatoms. The minimum atomic E-state index is -0.519. The van der Waals surface area contributed by atoms with E-state index in [0.29, 0.717) is 17.5 Å². The van der Waals surface area contributed by atoms with E-state index in [1.165, 1.54) is 12.1 Å². The van der Waals surface area contributed by atoms with Crippen LogP contribution in [0.1, 0.15) is 6.42 Å². The number of hydrazine groups is 1. The lowest BCUT2D eigenvalue weighted by molar-refractivity contribution is 0.190. The summed E-state index contributed by atoms with van der Waals surface area (Å²) in [6.45, 7) is 2.46. The summed E-state index contributed by atoms with van der Waals surface area (Å²) < 4.78 is 13.7. The molecule has 2 saturated heterocycles. The van der Waals surface area contributed by atoms with Gasteiger partial charge in [0.15, 0.2) is 0 Å². The van der Waals surface area contributed by atoms with Crippen LogP contribution >= 0.6 is 11.6 Å². The fraction of sp³-hybridized carbons (Fsp3) is 0.500. The summed E-state index contributed by atoms with van der Waals surface area (Å²) in [7, 11) is 1.88. The Kier molecular flexibility index (Phi) is 4.01. The molecule has 2 N–H and O–H groups in total. The molecule has 0 unspecified atom stereocenters. The molecular weight excluding hydrogens is 295 g/mol. The highest BCUT2D eigenvalue weighted by Crippen LogP contribution is 2.31. The molecule has 2 heterocycles. The first-order valence-electron chi connectivity index (χ1n) is 7.03. The number of likely N-dealkylation sites (tertiary alicyclic amines) is 1. The molecule has 0 saturated carbocycles. The molecule has 2 aliphatic rings. The zero-order valence-electron chi connectivity index (χ0n) is 11.8. The first-order chi connectivity index (χ1) is 10.1. The van der Waals surface area contributed by atoms with Gasteiger partial charge in [-0.05, 0) is 37.6 Å². The van der Waals surface area contributed by atoms with Crippen molar-refractivity contribution in [2.75, 3.05) is 32.0 Å². The first kappa shape index (κ1) is 14.6. The molecular formula is C14H18ClFN4O. The van der Waals surface area contributed by atoms with E-state index >= 15 is 0 Å². The SMILES string of the molecule is CNN1C[C@H]2CCN(C(=O)Nc3ccc(Cl)cc3F)[C@H]2C1. The summed E-state index contributed by atoms with van der Waals surface area (Å²) in [5.74, 6) is -0.0341. The van der Waals surface area contributed by atoms with Gasteiger partial charge in [0.25, 0.3) is 0 Å². The van der Waals surface area contributed by atoms with Gasteiger partial charge in [-0.25, -0.2) is 14.2 Å². The number of hydrogen-bond donors (Lipinski definition) is 2. The van der Waals surface area contributed by atoms with Crippen LogP contribution in [0.3, 0.4) is 0 Å². The molecule has 2 aliphatic heterocycles. The van der Waals surface area contributed by atoms with Crippen molar-refractivity contribution < 1.29 is 9.18 Å². The van der Waals surface area contributed by atoms with Gasteiger partial charge in [-0.3, -0.25) is 5.43 Å². The summed E-state index contributed by atoms with van der Waals surface area (Å²) >= 11 is 5.71. The van der Waals surface area contributed by atoms with Gasteiger partial charge in [0.05, 0.1) is 11.7 Å². The third-order valence-electron chi connectivity index (χ3n) is 4.30. The highest BCUT2D eigenvalue weighted by Gasteiger charge is 2.43. The average molecular weight is 313 g/mol. The molecule has 1 aromatic rings. The number of benzene rings is 1. The van der Waals surface area contributed by atoms with Crippen molar-refractivity contribution in [3.63, 3.8) is 0 Å². The Hall–Kier alpha value is -1.37. The molecule has 0 spiro atoms. The molecule has 2 atom stereocenters. The van der Waals surface area contributed by atoms with Gasteiger partial charge in [0.1, 0.15) is 5.82 Å². The fourth-order valence-electron chi connectivity index (χ4n) is 3.17. The van der Waals surface area contributed by atoms with Crippen LogP contribution < -0.4 is 10.7 Å². The largest absolute Gasteiger partial charge is 0.322 e. The van der Waals surface area contributed by atoms with Crippen molar-refractivity contribution in [2.24, 2.45) is 5.92 Å². The second-order valence-electron chi connectivity index (χ2n) is 5.49. The predicted molar refractivity (Wildman–Crippen MR) is 79.7 cm³/mol. The molecule has 2 fully saturated rings. The Morgan fingerprint density at radius 3 is 2.95 bits per heavy atom. The molecule has 21 heavy (non-hydrogen) atoms. The maximum Gasteiger partial charge on any atom is 0.322 e. The summed E-state index contributed by atoms with van der Waals surface area (Å²) in [6, 6.07) is 4.18. The molecule has 5 nitrogen and oxygen atoms in total. The van der Waals surface area contributed by atoms with Crippen molar-refractivity contribution in [2.45, 2.75) is 12.5 Å². The molecule has 0 bridgehead atoms. The van der Waals surface area contributed by atoms with Gasteiger partial charge in [-0.15, -0.1) is 0 Å². The quantitative estimate of drug-likeness (QED) is 0.880. The Morgan fingerprint density at radius 2 is 2.24 bits per heavy atom. The van der Waals surface area contributed by atoms with Crippen molar-refractivity contribution >= 4 is 23.3 Å². The van der Waals surface area contributed by atoms with E-state index in [2.05, 4.69) is 15.8 Å². The minimum Gasteiger partial charge on any atom is -0.320 e. The summed E-state index contributed by atoms with van der Waals surface area (Å²) in [5.41, 5.74) is 3.28. The van der Waals surface area contributed by atoms with Crippen LogP contribution in [0.5, 0.6) is 0 Å². The Bertz CT molecular complexity index is 556. The fourth-order valence-corrected chi connectivity index (χ4v) is 3.33.